The summed E-state index contributed by atoms with van der Waals surface area (Å²) in [5.41, 5.74) is 3.85. The molecule has 3 heterocycles. The summed E-state index contributed by atoms with van der Waals surface area (Å²) in [5.74, 6) is -0.134. The predicted octanol–water partition coefficient (Wildman–Crippen LogP) is 3.88. The number of amidine groups is 1. The zero-order valence-electron chi connectivity index (χ0n) is 17.3. The fourth-order valence-electron chi connectivity index (χ4n) is 3.79. The van der Waals surface area contributed by atoms with Crippen molar-refractivity contribution in [3.05, 3.63) is 71.3 Å². The van der Waals surface area contributed by atoms with Crippen LogP contribution in [0.3, 0.4) is 0 Å². The van der Waals surface area contributed by atoms with Crippen LogP contribution in [0.5, 0.6) is 0 Å². The van der Waals surface area contributed by atoms with Crippen molar-refractivity contribution >= 4 is 51.2 Å². The van der Waals surface area contributed by atoms with Crippen molar-refractivity contribution in [2.24, 2.45) is 4.99 Å². The molecule has 2 aromatic carbocycles. The van der Waals surface area contributed by atoms with Gasteiger partial charge >= 0.3 is 0 Å². The molecule has 2 aliphatic heterocycles. The monoisotopic (exact) mass is 429 g/mol. The van der Waals surface area contributed by atoms with Gasteiger partial charge in [0.25, 0.3) is 5.91 Å². The molecule has 2 aliphatic rings. The van der Waals surface area contributed by atoms with Gasteiger partial charge in [0.2, 0.25) is 0 Å². The summed E-state index contributed by atoms with van der Waals surface area (Å²) in [6.07, 6.45) is 3.65. The lowest BCUT2D eigenvalue weighted by atomic mass is 10.1. The second kappa shape index (κ2) is 8.53. The molecule has 6 nitrogen and oxygen atoms in total. The number of rotatable bonds is 3. The molecule has 2 fully saturated rings. The Bertz CT molecular complexity index is 1170. The molecule has 2 saturated heterocycles. The van der Waals surface area contributed by atoms with E-state index in [1.807, 2.05) is 48.5 Å². The number of benzene rings is 2. The van der Waals surface area contributed by atoms with E-state index in [1.54, 1.807) is 6.20 Å². The Kier molecular flexibility index (Phi) is 5.44. The molecule has 1 amide bonds. The number of aliphatic imine (C=N–C) groups is 1. The normalized spacial score (nSPS) is 20.0. The van der Waals surface area contributed by atoms with Crippen LogP contribution in [-0.4, -0.2) is 54.2 Å². The Labute approximate surface area is 185 Å². The van der Waals surface area contributed by atoms with E-state index >= 15 is 0 Å². The Balaban J connectivity index is 1.33. The second-order valence-corrected chi connectivity index (χ2v) is 8.74. The maximum absolute atomic E-state index is 12.5. The van der Waals surface area contributed by atoms with E-state index in [0.717, 1.165) is 48.3 Å². The summed E-state index contributed by atoms with van der Waals surface area (Å²) in [5, 5.41) is 4.52. The molecule has 0 aliphatic carbocycles. The van der Waals surface area contributed by atoms with Gasteiger partial charge in [0.1, 0.15) is 0 Å². The Morgan fingerprint density at radius 3 is 2.61 bits per heavy atom. The lowest BCUT2D eigenvalue weighted by Gasteiger charge is -2.34. The van der Waals surface area contributed by atoms with Crippen LogP contribution in [0.1, 0.15) is 5.56 Å². The van der Waals surface area contributed by atoms with Crippen LogP contribution in [0.25, 0.3) is 17.0 Å². The van der Waals surface area contributed by atoms with Crippen molar-refractivity contribution in [3.8, 4) is 0 Å². The lowest BCUT2D eigenvalue weighted by Crippen LogP contribution is -2.44. The average Bonchev–Trinajstić information content (AvgIpc) is 3.13. The van der Waals surface area contributed by atoms with E-state index in [0.29, 0.717) is 10.1 Å². The molecule has 0 unspecified atom stereocenters. The molecule has 7 heteroatoms. The number of hydrogen-bond acceptors (Lipinski definition) is 6. The van der Waals surface area contributed by atoms with E-state index in [1.165, 1.54) is 17.4 Å². The number of aromatic nitrogens is 1. The Morgan fingerprint density at radius 2 is 1.81 bits per heavy atom. The molecule has 0 spiro atoms. The quantitative estimate of drug-likeness (QED) is 0.641. The van der Waals surface area contributed by atoms with Gasteiger partial charge in [-0.25, -0.2) is 4.99 Å². The lowest BCUT2D eigenvalue weighted by molar-refractivity contribution is -0.115. The number of amides is 1. The highest BCUT2D eigenvalue weighted by atomic mass is 32.2. The first-order valence-corrected chi connectivity index (χ1v) is 11.1. The smallest absolute Gasteiger partial charge is 0.264 e. The fourth-order valence-corrected chi connectivity index (χ4v) is 4.62. The predicted molar refractivity (Wildman–Crippen MR) is 129 cm³/mol. The van der Waals surface area contributed by atoms with Gasteiger partial charge in [-0.05, 0) is 55.2 Å². The highest BCUT2D eigenvalue weighted by Crippen LogP contribution is 2.30. The number of hydrogen-bond donors (Lipinski definition) is 1. The van der Waals surface area contributed by atoms with Gasteiger partial charge < -0.3 is 15.1 Å². The minimum atomic E-state index is -0.134. The van der Waals surface area contributed by atoms with Gasteiger partial charge in [-0.3, -0.25) is 9.78 Å². The van der Waals surface area contributed by atoms with Crippen LogP contribution >= 0.6 is 11.8 Å². The van der Waals surface area contributed by atoms with E-state index in [9.17, 15) is 4.79 Å². The zero-order chi connectivity index (χ0) is 21.2. The molecule has 0 bridgehead atoms. The molecule has 1 aromatic heterocycles. The summed E-state index contributed by atoms with van der Waals surface area (Å²) >= 11 is 1.36. The number of piperazine rings is 1. The van der Waals surface area contributed by atoms with Crippen LogP contribution in [0.2, 0.25) is 0 Å². The Hall–Kier alpha value is -3.16. The van der Waals surface area contributed by atoms with E-state index in [2.05, 4.69) is 44.3 Å². The van der Waals surface area contributed by atoms with Crippen LogP contribution in [0.15, 0.2) is 70.7 Å². The number of carbonyl (C=O) groups excluding carboxylic acids is 1. The number of pyridine rings is 1. The maximum Gasteiger partial charge on any atom is 0.264 e. The zero-order valence-corrected chi connectivity index (χ0v) is 18.1. The van der Waals surface area contributed by atoms with Gasteiger partial charge in [-0.2, -0.15) is 0 Å². The first-order chi connectivity index (χ1) is 15.2. The molecular formula is C24H23N5OS. The summed E-state index contributed by atoms with van der Waals surface area (Å²) in [6.45, 7) is 4.23. The largest absolute Gasteiger partial charge is 0.369 e. The Morgan fingerprint density at radius 1 is 1.03 bits per heavy atom. The highest BCUT2D eigenvalue weighted by molar-refractivity contribution is 8.18. The molecule has 1 N–H and O–H groups in total. The van der Waals surface area contributed by atoms with Crippen LogP contribution in [-0.2, 0) is 4.79 Å². The maximum atomic E-state index is 12.5. The van der Waals surface area contributed by atoms with Gasteiger partial charge in [0.05, 0.1) is 16.1 Å². The van der Waals surface area contributed by atoms with Crippen LogP contribution in [0, 0.1) is 0 Å². The van der Waals surface area contributed by atoms with Crippen molar-refractivity contribution in [1.29, 1.82) is 0 Å². The third-order valence-electron chi connectivity index (χ3n) is 5.55. The summed E-state index contributed by atoms with van der Waals surface area (Å²) in [7, 11) is 2.16. The number of nitrogens with one attached hydrogen (secondary N) is 1. The van der Waals surface area contributed by atoms with Crippen LogP contribution < -0.4 is 10.2 Å². The minimum Gasteiger partial charge on any atom is -0.369 e. The van der Waals surface area contributed by atoms with E-state index in [4.69, 9.17) is 0 Å². The highest BCUT2D eigenvalue weighted by Gasteiger charge is 2.24. The summed E-state index contributed by atoms with van der Waals surface area (Å²) < 4.78 is 0. The number of thioether (sulfide) groups is 1. The molecule has 31 heavy (non-hydrogen) atoms. The van der Waals surface area contributed by atoms with Gasteiger partial charge in [-0.1, -0.05) is 24.3 Å². The van der Waals surface area contributed by atoms with Crippen molar-refractivity contribution < 1.29 is 4.79 Å². The third-order valence-corrected chi connectivity index (χ3v) is 6.46. The minimum absolute atomic E-state index is 0.134. The average molecular weight is 430 g/mol. The van der Waals surface area contributed by atoms with Crippen molar-refractivity contribution in [2.45, 2.75) is 0 Å². The standard InChI is InChI=1S/C24H23N5OS/c1-28-12-14-29(15-13-28)20-9-7-19(8-10-20)26-24-27-23(30)21(31-24)16-18-5-2-4-17-6-3-11-25-22(17)18/h2-11,16H,12-15H2,1H3,(H,26,27,30). The summed E-state index contributed by atoms with van der Waals surface area (Å²) in [6, 6.07) is 18.1. The van der Waals surface area contributed by atoms with E-state index < -0.39 is 0 Å². The molecule has 0 radical (unpaired) electrons. The number of likely N-dealkylation sites (N-methyl/N-ethyl adjacent to an activating group) is 1. The first kappa shape index (κ1) is 19.8. The molecule has 5 rings (SSSR count). The van der Waals surface area contributed by atoms with Crippen molar-refractivity contribution in [1.82, 2.24) is 15.2 Å². The molecule has 0 atom stereocenters. The summed E-state index contributed by atoms with van der Waals surface area (Å²) in [4.78, 5) is 26.9. The van der Waals surface area contributed by atoms with Gasteiger partial charge in [0, 0.05) is 49.0 Å². The number of nitrogens with zero attached hydrogens (tertiary/aromatic N) is 4. The molecule has 156 valence electrons. The number of para-hydroxylation sites is 1. The third kappa shape index (κ3) is 4.33. The van der Waals surface area contributed by atoms with Crippen LogP contribution in [0.4, 0.5) is 11.4 Å². The molecule has 0 saturated carbocycles. The topological polar surface area (TPSA) is 60.8 Å². The number of fused-ring (bicyclic) bond motifs is 1. The fraction of sp³-hybridized carbons (Fsp3) is 0.208. The van der Waals surface area contributed by atoms with Gasteiger partial charge in [0.15, 0.2) is 5.17 Å². The van der Waals surface area contributed by atoms with Crippen molar-refractivity contribution in [2.75, 3.05) is 38.1 Å². The molecule has 3 aromatic rings. The van der Waals surface area contributed by atoms with E-state index in [-0.39, 0.29) is 5.91 Å². The number of carbonyl (C=O) groups is 1. The first-order valence-electron chi connectivity index (χ1n) is 10.3. The SMILES string of the molecule is CN1CCN(c2ccc(N=C3NC(=O)C(=Cc4cccc5cccnc45)S3)cc2)CC1. The second-order valence-electron chi connectivity index (χ2n) is 7.71. The number of anilines is 1. The van der Waals surface area contributed by atoms with Gasteiger partial charge in [-0.15, -0.1) is 0 Å². The van der Waals surface area contributed by atoms with Crippen molar-refractivity contribution in [3.63, 3.8) is 0 Å². The molecular weight excluding hydrogens is 406 g/mol.